The normalized spacial score (nSPS) is 16.8. The maximum absolute atomic E-state index is 3.40. The highest BCUT2D eigenvalue weighted by atomic mass is 14.8. The van der Waals surface area contributed by atoms with Crippen LogP contribution in [0, 0.1) is 6.92 Å². The molecule has 0 aliphatic heterocycles. The van der Waals surface area contributed by atoms with Gasteiger partial charge in [-0.3, -0.25) is 0 Å². The van der Waals surface area contributed by atoms with E-state index in [1.54, 1.807) is 5.56 Å². The second-order valence-electron chi connectivity index (χ2n) is 8.28. The van der Waals surface area contributed by atoms with Gasteiger partial charge >= 0.3 is 0 Å². The fraction of sp³-hybridized carbons (Fsp3) is 0.462. The summed E-state index contributed by atoms with van der Waals surface area (Å²) in [5.74, 6) is 0. The van der Waals surface area contributed by atoms with Gasteiger partial charge in [-0.05, 0) is 62.4 Å². The summed E-state index contributed by atoms with van der Waals surface area (Å²) in [6.07, 6.45) is 14.0. The first-order valence-corrected chi connectivity index (χ1v) is 11.1. The van der Waals surface area contributed by atoms with Crippen molar-refractivity contribution in [2.24, 2.45) is 0 Å². The lowest BCUT2D eigenvalue weighted by Crippen LogP contribution is -2.73. The Balaban J connectivity index is 1.85. The molecule has 2 nitrogen and oxygen atoms in total. The van der Waals surface area contributed by atoms with Crippen molar-refractivity contribution in [3.8, 4) is 0 Å². The molecule has 0 saturated heterocycles. The summed E-state index contributed by atoms with van der Waals surface area (Å²) in [5.41, 5.74) is 7.15. The number of allylic oxidation sites excluding steroid dienone is 1. The zero-order valence-electron chi connectivity index (χ0n) is 17.9. The van der Waals surface area contributed by atoms with Gasteiger partial charge < -0.3 is 10.6 Å². The topological polar surface area (TPSA) is 28.6 Å². The van der Waals surface area contributed by atoms with E-state index in [0.29, 0.717) is 0 Å². The molecule has 0 bridgehead atoms. The molecule has 150 valence electrons. The first-order chi connectivity index (χ1) is 13.7. The van der Waals surface area contributed by atoms with E-state index in [9.17, 15) is 0 Å². The molecule has 1 fully saturated rings. The molecule has 0 unspecified atom stereocenters. The van der Waals surface area contributed by atoms with E-state index in [-0.39, 0.29) is 5.41 Å². The summed E-state index contributed by atoms with van der Waals surface area (Å²) in [5, 5.41) is 5.69. The molecule has 1 aliphatic rings. The van der Waals surface area contributed by atoms with E-state index in [1.807, 2.05) is 0 Å². The highest BCUT2D eigenvalue weighted by molar-refractivity contribution is 5.59. The maximum Gasteiger partial charge on any atom is 0.133 e. The molecular formula is C26H37N2+. The number of nitrogens with one attached hydrogen (secondary N) is 1. The van der Waals surface area contributed by atoms with Crippen molar-refractivity contribution >= 4 is 17.5 Å². The minimum atomic E-state index is 0.285. The first-order valence-electron chi connectivity index (χ1n) is 11.1. The minimum Gasteiger partial charge on any atom is -0.385 e. The fourth-order valence-corrected chi connectivity index (χ4v) is 4.81. The van der Waals surface area contributed by atoms with Crippen LogP contribution in [0.2, 0.25) is 0 Å². The van der Waals surface area contributed by atoms with Crippen molar-refractivity contribution in [2.75, 3.05) is 18.9 Å². The van der Waals surface area contributed by atoms with Gasteiger partial charge in [0.2, 0.25) is 0 Å². The van der Waals surface area contributed by atoms with E-state index in [2.05, 4.69) is 86.1 Å². The zero-order valence-corrected chi connectivity index (χ0v) is 17.9. The smallest absolute Gasteiger partial charge is 0.133 e. The van der Waals surface area contributed by atoms with E-state index >= 15 is 0 Å². The Bertz CT molecular complexity index is 783. The second-order valence-corrected chi connectivity index (χ2v) is 8.28. The van der Waals surface area contributed by atoms with Crippen molar-refractivity contribution in [3.05, 3.63) is 65.2 Å². The summed E-state index contributed by atoms with van der Waals surface area (Å²) in [7, 11) is 2.17. The van der Waals surface area contributed by atoms with Crippen LogP contribution in [0.3, 0.4) is 0 Å². The Morgan fingerprint density at radius 1 is 1.04 bits per heavy atom. The van der Waals surface area contributed by atoms with Crippen LogP contribution < -0.4 is 10.6 Å². The third-order valence-electron chi connectivity index (χ3n) is 6.36. The molecule has 0 amide bonds. The van der Waals surface area contributed by atoms with Gasteiger partial charge in [-0.15, -0.1) is 0 Å². The Labute approximate surface area is 171 Å². The van der Waals surface area contributed by atoms with Crippen LogP contribution in [0.5, 0.6) is 0 Å². The summed E-state index contributed by atoms with van der Waals surface area (Å²) >= 11 is 0. The summed E-state index contributed by atoms with van der Waals surface area (Å²) in [4.78, 5) is 0. The largest absolute Gasteiger partial charge is 0.385 e. The lowest BCUT2D eigenvalue weighted by atomic mass is 9.71. The molecule has 0 atom stereocenters. The van der Waals surface area contributed by atoms with Gasteiger partial charge in [0.05, 0.1) is 7.05 Å². The molecule has 3 N–H and O–H groups in total. The quantitative estimate of drug-likeness (QED) is 0.453. The third kappa shape index (κ3) is 4.86. The number of para-hydroxylation sites is 1. The van der Waals surface area contributed by atoms with Crippen LogP contribution in [0.4, 0.5) is 11.4 Å². The van der Waals surface area contributed by atoms with Crippen LogP contribution in [-0.2, 0) is 5.41 Å². The van der Waals surface area contributed by atoms with Gasteiger partial charge in [-0.25, -0.2) is 0 Å². The van der Waals surface area contributed by atoms with E-state index in [0.717, 1.165) is 13.0 Å². The number of quaternary nitrogens is 1. The molecule has 2 aromatic rings. The van der Waals surface area contributed by atoms with Crippen LogP contribution in [0.15, 0.2) is 48.5 Å². The van der Waals surface area contributed by atoms with E-state index < -0.39 is 0 Å². The van der Waals surface area contributed by atoms with Crippen molar-refractivity contribution in [1.29, 1.82) is 0 Å². The Morgan fingerprint density at radius 2 is 1.79 bits per heavy atom. The number of hydrogen-bond acceptors (Lipinski definition) is 1. The average molecular weight is 378 g/mol. The fourth-order valence-electron chi connectivity index (χ4n) is 4.81. The number of aryl methyl sites for hydroxylation is 1. The van der Waals surface area contributed by atoms with Crippen LogP contribution in [-0.4, -0.2) is 13.6 Å². The molecule has 0 heterocycles. The summed E-state index contributed by atoms with van der Waals surface area (Å²) in [6, 6.07) is 15.8. The number of benzene rings is 2. The van der Waals surface area contributed by atoms with Crippen LogP contribution in [0.1, 0.15) is 68.6 Å². The maximum atomic E-state index is 3.40. The molecule has 2 aromatic carbocycles. The Kier molecular flexibility index (Phi) is 7.33. The first kappa shape index (κ1) is 20.7. The molecule has 1 saturated carbocycles. The van der Waals surface area contributed by atoms with Gasteiger partial charge in [-0.2, -0.15) is 0 Å². The molecule has 0 spiro atoms. The van der Waals surface area contributed by atoms with E-state index in [4.69, 9.17) is 0 Å². The van der Waals surface area contributed by atoms with Crippen LogP contribution in [0.25, 0.3) is 6.08 Å². The molecule has 0 aromatic heterocycles. The SMILES string of the molecule is CCNc1ccc(/C=C/CC2(c3ccccc3[NH2+]C)CCCCCC2)c(C)c1. The summed E-state index contributed by atoms with van der Waals surface area (Å²) in [6.45, 7) is 5.31. The van der Waals surface area contributed by atoms with Crippen molar-refractivity contribution in [1.82, 2.24) is 0 Å². The van der Waals surface area contributed by atoms with Crippen LogP contribution >= 0.6 is 0 Å². The van der Waals surface area contributed by atoms with Gasteiger partial charge in [0.1, 0.15) is 5.69 Å². The zero-order chi connectivity index (χ0) is 19.8. The Morgan fingerprint density at radius 3 is 2.46 bits per heavy atom. The van der Waals surface area contributed by atoms with Gasteiger partial charge in [0, 0.05) is 23.2 Å². The third-order valence-corrected chi connectivity index (χ3v) is 6.36. The predicted octanol–water partition coefficient (Wildman–Crippen LogP) is 5.95. The van der Waals surface area contributed by atoms with Crippen molar-refractivity contribution in [2.45, 2.75) is 64.2 Å². The number of hydrogen-bond donors (Lipinski definition) is 2. The van der Waals surface area contributed by atoms with Crippen molar-refractivity contribution < 1.29 is 5.32 Å². The van der Waals surface area contributed by atoms with Gasteiger partial charge in [0.25, 0.3) is 0 Å². The number of rotatable bonds is 7. The lowest BCUT2D eigenvalue weighted by Gasteiger charge is -2.33. The molecular weight excluding hydrogens is 340 g/mol. The highest BCUT2D eigenvalue weighted by Gasteiger charge is 2.34. The minimum absolute atomic E-state index is 0.285. The number of anilines is 1. The Hall–Kier alpha value is -2.06. The van der Waals surface area contributed by atoms with Crippen molar-refractivity contribution in [3.63, 3.8) is 0 Å². The molecule has 2 heteroatoms. The molecule has 1 aliphatic carbocycles. The number of nitrogens with two attached hydrogens (primary N) is 1. The lowest BCUT2D eigenvalue weighted by molar-refractivity contribution is -0.540. The standard InChI is InChI=1S/C26H36N2/c1-4-28-23-16-15-22(21(2)20-23)12-11-19-26(17-9-5-6-10-18-26)24-13-7-8-14-25(24)27-3/h7-8,11-16,20,27-28H,4-6,9-10,17-19H2,1-3H3/p+1/b12-11+. The highest BCUT2D eigenvalue weighted by Crippen LogP contribution is 2.43. The van der Waals surface area contributed by atoms with Gasteiger partial charge in [0.15, 0.2) is 0 Å². The van der Waals surface area contributed by atoms with Gasteiger partial charge in [-0.1, -0.05) is 62.1 Å². The monoisotopic (exact) mass is 377 g/mol. The average Bonchev–Trinajstić information content (AvgIpc) is 2.96. The summed E-state index contributed by atoms with van der Waals surface area (Å²) < 4.78 is 0. The molecule has 28 heavy (non-hydrogen) atoms. The van der Waals surface area contributed by atoms with E-state index in [1.165, 1.54) is 61.0 Å². The predicted molar refractivity (Wildman–Crippen MR) is 122 cm³/mol. The second kappa shape index (κ2) is 9.93. The molecule has 0 radical (unpaired) electrons. The molecule has 3 rings (SSSR count).